The molecule has 3 aromatic rings. The molecule has 1 aromatic carbocycles. The van der Waals surface area contributed by atoms with Gasteiger partial charge in [0.05, 0.1) is 19.9 Å². The molecule has 2 heterocycles. The number of nitrogens with zero attached hydrogens (tertiary/aromatic N) is 1. The first kappa shape index (κ1) is 15.7. The van der Waals surface area contributed by atoms with Gasteiger partial charge in [0.15, 0.2) is 11.5 Å². The second kappa shape index (κ2) is 6.91. The minimum absolute atomic E-state index is 0.242. The maximum absolute atomic E-state index is 12.3. The van der Waals surface area contributed by atoms with E-state index in [1.807, 2.05) is 30.5 Å². The van der Waals surface area contributed by atoms with Crippen LogP contribution in [-0.2, 0) is 6.54 Å². The fourth-order valence-corrected chi connectivity index (χ4v) is 2.43. The Bertz CT molecular complexity index is 824. The quantitative estimate of drug-likeness (QED) is 0.648. The number of amides is 1. The molecule has 7 heteroatoms. The van der Waals surface area contributed by atoms with Crippen LogP contribution in [0.4, 0.5) is 0 Å². The first-order valence-corrected chi connectivity index (χ1v) is 7.39. The van der Waals surface area contributed by atoms with E-state index in [1.54, 1.807) is 26.5 Å². The highest BCUT2D eigenvalue weighted by Gasteiger charge is 2.14. The number of carbonyl (C=O) groups excluding carboxylic acids is 1. The normalized spacial score (nSPS) is 10.4. The van der Waals surface area contributed by atoms with E-state index in [2.05, 4.69) is 20.5 Å². The average molecular weight is 326 g/mol. The lowest BCUT2D eigenvalue weighted by Crippen LogP contribution is -2.23. The minimum atomic E-state index is -0.242. The van der Waals surface area contributed by atoms with Crippen LogP contribution in [0.3, 0.4) is 0 Å². The van der Waals surface area contributed by atoms with Gasteiger partial charge >= 0.3 is 0 Å². The molecule has 0 aliphatic carbocycles. The zero-order valence-corrected chi connectivity index (χ0v) is 13.4. The molecular weight excluding hydrogens is 308 g/mol. The van der Waals surface area contributed by atoms with Gasteiger partial charge in [-0.15, -0.1) is 0 Å². The van der Waals surface area contributed by atoms with E-state index in [9.17, 15) is 4.79 Å². The van der Waals surface area contributed by atoms with Crippen LogP contribution in [0, 0.1) is 0 Å². The van der Waals surface area contributed by atoms with Gasteiger partial charge in [0, 0.05) is 30.1 Å². The highest BCUT2D eigenvalue weighted by molar-refractivity contribution is 5.93. The third kappa shape index (κ3) is 3.10. The molecule has 0 aliphatic heterocycles. The van der Waals surface area contributed by atoms with E-state index in [0.717, 1.165) is 11.1 Å². The first-order valence-electron chi connectivity index (χ1n) is 7.39. The van der Waals surface area contributed by atoms with Crippen LogP contribution in [0.15, 0.2) is 42.7 Å². The maximum Gasteiger partial charge on any atom is 0.269 e. The van der Waals surface area contributed by atoms with Crippen LogP contribution >= 0.6 is 0 Å². The van der Waals surface area contributed by atoms with Crippen LogP contribution in [0.25, 0.3) is 11.3 Å². The van der Waals surface area contributed by atoms with Crippen molar-refractivity contribution < 1.29 is 14.3 Å². The van der Waals surface area contributed by atoms with E-state index < -0.39 is 0 Å². The van der Waals surface area contributed by atoms with Gasteiger partial charge in [0.25, 0.3) is 5.91 Å². The Morgan fingerprint density at radius 3 is 2.83 bits per heavy atom. The van der Waals surface area contributed by atoms with Gasteiger partial charge in [0.2, 0.25) is 0 Å². The Kier molecular flexibility index (Phi) is 4.51. The Balaban J connectivity index is 1.70. The van der Waals surface area contributed by atoms with Crippen LogP contribution < -0.4 is 14.8 Å². The molecule has 3 rings (SSSR count). The predicted octanol–water partition coefficient (Wildman–Crippen LogP) is 2.35. The third-order valence-electron chi connectivity index (χ3n) is 3.64. The van der Waals surface area contributed by atoms with Crippen LogP contribution in [0.2, 0.25) is 0 Å². The number of methoxy groups -OCH3 is 2. The number of para-hydroxylation sites is 1. The van der Waals surface area contributed by atoms with Crippen molar-refractivity contribution >= 4 is 5.91 Å². The Labute approximate surface area is 139 Å². The minimum Gasteiger partial charge on any atom is -0.493 e. The number of aromatic nitrogens is 3. The molecule has 0 aliphatic rings. The van der Waals surface area contributed by atoms with E-state index in [4.69, 9.17) is 9.47 Å². The van der Waals surface area contributed by atoms with Crippen molar-refractivity contribution in [2.45, 2.75) is 6.54 Å². The van der Waals surface area contributed by atoms with Crippen molar-refractivity contribution in [2.75, 3.05) is 14.2 Å². The molecular formula is C17H18N4O3. The largest absolute Gasteiger partial charge is 0.493 e. The van der Waals surface area contributed by atoms with Crippen LogP contribution in [0.5, 0.6) is 11.5 Å². The summed E-state index contributed by atoms with van der Waals surface area (Å²) >= 11 is 0. The maximum atomic E-state index is 12.3. The molecule has 0 spiro atoms. The second-order valence-corrected chi connectivity index (χ2v) is 5.10. The number of nitrogens with one attached hydrogen (secondary N) is 3. The first-order chi connectivity index (χ1) is 11.7. The molecule has 0 radical (unpaired) electrons. The summed E-state index contributed by atoms with van der Waals surface area (Å²) in [5.74, 6) is 0.993. The summed E-state index contributed by atoms with van der Waals surface area (Å²) in [7, 11) is 3.15. The zero-order chi connectivity index (χ0) is 16.9. The zero-order valence-electron chi connectivity index (χ0n) is 13.4. The topological polar surface area (TPSA) is 92.0 Å². The fraction of sp³-hybridized carbons (Fsp3) is 0.176. The number of aromatic amines is 2. The molecule has 0 unspecified atom stereocenters. The Morgan fingerprint density at radius 2 is 2.12 bits per heavy atom. The molecule has 3 N–H and O–H groups in total. The molecule has 0 atom stereocenters. The summed E-state index contributed by atoms with van der Waals surface area (Å²) in [5.41, 5.74) is 2.85. The lowest BCUT2D eigenvalue weighted by Gasteiger charge is -2.12. The molecule has 7 nitrogen and oxygen atoms in total. The Hall–Kier alpha value is -3.22. The van der Waals surface area contributed by atoms with Crippen LogP contribution in [-0.4, -0.2) is 35.3 Å². The van der Waals surface area contributed by atoms with Gasteiger partial charge in [-0.3, -0.25) is 9.89 Å². The van der Waals surface area contributed by atoms with E-state index >= 15 is 0 Å². The molecule has 0 saturated heterocycles. The van der Waals surface area contributed by atoms with Crippen molar-refractivity contribution in [2.24, 2.45) is 0 Å². The molecule has 24 heavy (non-hydrogen) atoms. The molecule has 0 bridgehead atoms. The number of hydrogen-bond acceptors (Lipinski definition) is 4. The summed E-state index contributed by atoms with van der Waals surface area (Å²) in [5, 5.41) is 9.74. The third-order valence-corrected chi connectivity index (χ3v) is 3.64. The number of carbonyl (C=O) groups is 1. The summed E-state index contributed by atoms with van der Waals surface area (Å²) in [6, 6.07) is 9.13. The number of hydrogen-bond donors (Lipinski definition) is 3. The highest BCUT2D eigenvalue weighted by Crippen LogP contribution is 2.30. The van der Waals surface area contributed by atoms with Crippen molar-refractivity contribution in [3.05, 3.63) is 54.0 Å². The Morgan fingerprint density at radius 1 is 1.25 bits per heavy atom. The molecule has 124 valence electrons. The number of ether oxygens (including phenoxy) is 2. The van der Waals surface area contributed by atoms with Gasteiger partial charge in [0.1, 0.15) is 5.69 Å². The van der Waals surface area contributed by atoms with Crippen molar-refractivity contribution in [1.29, 1.82) is 0 Å². The lowest BCUT2D eigenvalue weighted by atomic mass is 10.1. The standard InChI is InChI=1S/C17H18N4O3/c1-23-15-5-3-4-12(16(15)24-2)10-19-17(22)14-8-13(20-21-14)11-6-7-18-9-11/h3-9,18H,10H2,1-2H3,(H,19,22)(H,20,21). The van der Waals surface area contributed by atoms with E-state index in [-0.39, 0.29) is 5.91 Å². The molecule has 0 fully saturated rings. The summed E-state index contributed by atoms with van der Waals surface area (Å²) in [6.45, 7) is 0.317. The lowest BCUT2D eigenvalue weighted by molar-refractivity contribution is 0.0945. The monoisotopic (exact) mass is 326 g/mol. The van der Waals surface area contributed by atoms with Crippen molar-refractivity contribution in [3.8, 4) is 22.8 Å². The van der Waals surface area contributed by atoms with Gasteiger partial charge in [-0.05, 0) is 18.2 Å². The van der Waals surface area contributed by atoms with Gasteiger partial charge in [-0.25, -0.2) is 0 Å². The summed E-state index contributed by atoms with van der Waals surface area (Å²) in [4.78, 5) is 15.2. The van der Waals surface area contributed by atoms with Gasteiger partial charge in [-0.1, -0.05) is 12.1 Å². The van der Waals surface area contributed by atoms with Crippen molar-refractivity contribution in [1.82, 2.24) is 20.5 Å². The van der Waals surface area contributed by atoms with Crippen LogP contribution in [0.1, 0.15) is 16.1 Å². The number of rotatable bonds is 6. The fourth-order valence-electron chi connectivity index (χ4n) is 2.43. The van der Waals surface area contributed by atoms with E-state index in [0.29, 0.717) is 29.4 Å². The summed E-state index contributed by atoms with van der Waals surface area (Å²) < 4.78 is 10.6. The smallest absolute Gasteiger partial charge is 0.269 e. The highest BCUT2D eigenvalue weighted by atomic mass is 16.5. The second-order valence-electron chi connectivity index (χ2n) is 5.10. The molecule has 2 aromatic heterocycles. The number of benzene rings is 1. The van der Waals surface area contributed by atoms with Gasteiger partial charge < -0.3 is 19.8 Å². The molecule has 0 saturated carbocycles. The molecule has 1 amide bonds. The van der Waals surface area contributed by atoms with Gasteiger partial charge in [-0.2, -0.15) is 5.10 Å². The predicted molar refractivity (Wildman–Crippen MR) is 89.1 cm³/mol. The average Bonchev–Trinajstić information content (AvgIpc) is 3.29. The SMILES string of the molecule is COc1cccc(CNC(=O)c2cc(-c3cc[nH]c3)n[nH]2)c1OC. The van der Waals surface area contributed by atoms with E-state index in [1.165, 1.54) is 0 Å². The number of H-pyrrole nitrogens is 2. The van der Waals surface area contributed by atoms with Crippen molar-refractivity contribution in [3.63, 3.8) is 0 Å². The summed E-state index contributed by atoms with van der Waals surface area (Å²) in [6.07, 6.45) is 3.62.